The third-order valence-corrected chi connectivity index (χ3v) is 8.96. The van der Waals surface area contributed by atoms with Gasteiger partial charge in [-0.15, -0.1) is 0 Å². The summed E-state index contributed by atoms with van der Waals surface area (Å²) in [7, 11) is 0. The first-order valence-corrected chi connectivity index (χ1v) is 15.5. The van der Waals surface area contributed by atoms with Crippen LogP contribution in [0.2, 0.25) is 0 Å². The minimum atomic E-state index is -1.22. The molecule has 0 atom stereocenters. The number of carbonyl (C=O) groups is 3. The van der Waals surface area contributed by atoms with Crippen molar-refractivity contribution < 1.29 is 19.1 Å². The lowest BCUT2D eigenvalue weighted by Gasteiger charge is -2.44. The van der Waals surface area contributed by atoms with Crippen molar-refractivity contribution in [3.8, 4) is 11.5 Å². The number of amides is 2. The summed E-state index contributed by atoms with van der Waals surface area (Å²) in [6.07, 6.45) is 5.58. The SMILES string of the molecule is CCN(CC)c1ccc2c(c1)Oc1cc(N(CC)CC)ccc1C21c2ccccc2C(=O)N1NC(=O)CC(=O)C1=CC=CC1. The number of Topliss-reactive ketones (excluding diaryl/α,β-unsaturated/α-hetero) is 1. The molecule has 2 aliphatic heterocycles. The van der Waals surface area contributed by atoms with Crippen molar-refractivity contribution in [2.75, 3.05) is 36.0 Å². The maximum atomic E-state index is 14.3. The quantitative estimate of drug-likeness (QED) is 0.287. The van der Waals surface area contributed by atoms with E-state index >= 15 is 0 Å². The maximum absolute atomic E-state index is 14.3. The van der Waals surface area contributed by atoms with Gasteiger partial charge < -0.3 is 14.5 Å². The van der Waals surface area contributed by atoms with Gasteiger partial charge in [0.1, 0.15) is 17.0 Å². The topological polar surface area (TPSA) is 82.2 Å². The summed E-state index contributed by atoms with van der Waals surface area (Å²) in [6, 6.07) is 19.6. The van der Waals surface area contributed by atoms with Gasteiger partial charge in [-0.25, -0.2) is 5.01 Å². The van der Waals surface area contributed by atoms with E-state index in [2.05, 4.69) is 42.9 Å². The molecule has 2 amide bonds. The van der Waals surface area contributed by atoms with Gasteiger partial charge >= 0.3 is 0 Å². The lowest BCUT2D eigenvalue weighted by atomic mass is 9.75. The predicted molar refractivity (Wildman–Crippen MR) is 172 cm³/mol. The van der Waals surface area contributed by atoms with E-state index in [1.807, 2.05) is 66.7 Å². The number of hydrazine groups is 1. The van der Waals surface area contributed by atoms with Gasteiger partial charge in [0.2, 0.25) is 5.91 Å². The molecule has 0 fully saturated rings. The highest BCUT2D eigenvalue weighted by molar-refractivity contribution is 6.09. The smallest absolute Gasteiger partial charge is 0.274 e. The Labute approximate surface area is 258 Å². The van der Waals surface area contributed by atoms with Gasteiger partial charge in [-0.3, -0.25) is 19.8 Å². The van der Waals surface area contributed by atoms with Crippen LogP contribution in [0.15, 0.2) is 84.5 Å². The highest BCUT2D eigenvalue weighted by Gasteiger charge is 2.57. The molecule has 0 radical (unpaired) electrons. The molecule has 8 nitrogen and oxygen atoms in total. The predicted octanol–water partition coefficient (Wildman–Crippen LogP) is 6.11. The zero-order valence-electron chi connectivity index (χ0n) is 25.7. The standard InChI is InChI=1S/C36H38N4O4/c1-5-38(6-2)25-17-19-29-32(21-25)44-33-22-26(39(7-3)8-4)18-20-30(33)36(29)28-16-12-11-15-27(28)35(43)40(36)37-34(42)23-31(41)24-13-9-10-14-24/h9-13,15-22H,5-8,14,23H2,1-4H3,(H,37,42). The van der Waals surface area contributed by atoms with Crippen LogP contribution in [0.3, 0.4) is 0 Å². The molecular weight excluding hydrogens is 552 g/mol. The van der Waals surface area contributed by atoms with Gasteiger partial charge in [-0.05, 0) is 57.9 Å². The van der Waals surface area contributed by atoms with E-state index in [1.54, 1.807) is 12.1 Å². The van der Waals surface area contributed by atoms with Gasteiger partial charge in [-0.1, -0.05) is 48.6 Å². The molecule has 0 saturated heterocycles. The highest BCUT2D eigenvalue weighted by Crippen LogP contribution is 2.57. The van der Waals surface area contributed by atoms with E-state index in [0.717, 1.165) is 54.2 Å². The highest BCUT2D eigenvalue weighted by atomic mass is 16.5. The lowest BCUT2D eigenvalue weighted by Crippen LogP contribution is -2.56. The second-order valence-electron chi connectivity index (χ2n) is 11.2. The normalized spacial score (nSPS) is 15.3. The summed E-state index contributed by atoms with van der Waals surface area (Å²) in [5.74, 6) is 0.0764. The molecular formula is C36H38N4O4. The van der Waals surface area contributed by atoms with Crippen LogP contribution < -0.4 is 20.0 Å². The summed E-state index contributed by atoms with van der Waals surface area (Å²) >= 11 is 0. The van der Waals surface area contributed by atoms with E-state index in [4.69, 9.17) is 4.74 Å². The number of hydrogen-bond acceptors (Lipinski definition) is 6. The minimum Gasteiger partial charge on any atom is -0.456 e. The van der Waals surface area contributed by atoms with Crippen LogP contribution in [-0.2, 0) is 15.1 Å². The number of nitrogens with one attached hydrogen (secondary N) is 1. The molecule has 0 unspecified atom stereocenters. The molecule has 0 aromatic heterocycles. The van der Waals surface area contributed by atoms with Crippen LogP contribution in [0.4, 0.5) is 11.4 Å². The molecule has 1 N–H and O–H groups in total. The van der Waals surface area contributed by atoms with E-state index in [1.165, 1.54) is 5.01 Å². The molecule has 226 valence electrons. The molecule has 6 rings (SSSR count). The number of fused-ring (bicyclic) bond motifs is 6. The van der Waals surface area contributed by atoms with Crippen molar-refractivity contribution in [2.45, 2.75) is 46.1 Å². The number of rotatable bonds is 10. The molecule has 0 saturated carbocycles. The average Bonchev–Trinajstić information content (AvgIpc) is 3.66. The molecule has 3 aromatic carbocycles. The molecule has 2 heterocycles. The summed E-state index contributed by atoms with van der Waals surface area (Å²) in [5, 5.41) is 1.42. The van der Waals surface area contributed by atoms with Gasteiger partial charge in [0.05, 0.1) is 6.42 Å². The first-order chi connectivity index (χ1) is 21.4. The van der Waals surface area contributed by atoms with E-state index in [-0.39, 0.29) is 18.1 Å². The molecule has 3 aliphatic rings. The Morgan fingerprint density at radius 2 is 1.43 bits per heavy atom. The summed E-state index contributed by atoms with van der Waals surface area (Å²) in [5.41, 5.74) is 6.98. The number of ketones is 1. The Morgan fingerprint density at radius 1 is 0.841 bits per heavy atom. The Bertz CT molecular complexity index is 1640. The number of anilines is 2. The Kier molecular flexibility index (Phi) is 7.76. The second kappa shape index (κ2) is 11.7. The first-order valence-electron chi connectivity index (χ1n) is 15.5. The van der Waals surface area contributed by atoms with Crippen molar-refractivity contribution in [1.29, 1.82) is 0 Å². The number of carbonyl (C=O) groups excluding carboxylic acids is 3. The fraction of sp³-hybridized carbons (Fsp3) is 0.306. The van der Waals surface area contributed by atoms with Gasteiger partial charge in [-0.2, -0.15) is 0 Å². The Hall–Kier alpha value is -4.85. The van der Waals surface area contributed by atoms with E-state index < -0.39 is 11.4 Å². The van der Waals surface area contributed by atoms with E-state index in [9.17, 15) is 14.4 Å². The molecule has 8 heteroatoms. The van der Waals surface area contributed by atoms with Gasteiger partial charge in [0.15, 0.2) is 5.78 Å². The minimum absolute atomic E-state index is 0.258. The third kappa shape index (κ3) is 4.56. The lowest BCUT2D eigenvalue weighted by molar-refractivity contribution is -0.130. The molecule has 1 aliphatic carbocycles. The Balaban J connectivity index is 1.54. The van der Waals surface area contributed by atoms with Crippen LogP contribution >= 0.6 is 0 Å². The molecule has 0 bridgehead atoms. The van der Waals surface area contributed by atoms with E-state index in [0.29, 0.717) is 29.1 Å². The summed E-state index contributed by atoms with van der Waals surface area (Å²) in [4.78, 5) is 45.2. The summed E-state index contributed by atoms with van der Waals surface area (Å²) in [6.45, 7) is 11.7. The number of ether oxygens (including phenoxy) is 1. The average molecular weight is 591 g/mol. The monoisotopic (exact) mass is 590 g/mol. The van der Waals surface area contributed by atoms with Crippen molar-refractivity contribution >= 4 is 29.0 Å². The summed E-state index contributed by atoms with van der Waals surface area (Å²) < 4.78 is 6.69. The number of benzene rings is 3. The zero-order valence-corrected chi connectivity index (χ0v) is 25.7. The Morgan fingerprint density at radius 3 is 1.98 bits per heavy atom. The van der Waals surface area contributed by atoms with Crippen LogP contribution in [0, 0.1) is 0 Å². The van der Waals surface area contributed by atoms with Gasteiger partial charge in [0, 0.05) is 71.9 Å². The number of allylic oxidation sites excluding steroid dienone is 4. The van der Waals surface area contributed by atoms with Gasteiger partial charge in [0.25, 0.3) is 5.91 Å². The first kappa shape index (κ1) is 29.2. The van der Waals surface area contributed by atoms with Crippen molar-refractivity contribution in [3.63, 3.8) is 0 Å². The van der Waals surface area contributed by atoms with Crippen LogP contribution in [0.5, 0.6) is 11.5 Å². The van der Waals surface area contributed by atoms with Crippen LogP contribution in [0.1, 0.15) is 67.6 Å². The molecule has 3 aromatic rings. The second-order valence-corrected chi connectivity index (χ2v) is 11.2. The van der Waals surface area contributed by atoms with Crippen LogP contribution in [-0.4, -0.2) is 48.8 Å². The fourth-order valence-electron chi connectivity index (χ4n) is 6.74. The fourth-order valence-corrected chi connectivity index (χ4v) is 6.74. The third-order valence-electron chi connectivity index (χ3n) is 8.96. The maximum Gasteiger partial charge on any atom is 0.274 e. The molecule has 1 spiro atoms. The number of nitrogens with zero attached hydrogens (tertiary/aromatic N) is 3. The van der Waals surface area contributed by atoms with Crippen LogP contribution in [0.25, 0.3) is 0 Å². The van der Waals surface area contributed by atoms with Crippen molar-refractivity contribution in [1.82, 2.24) is 10.4 Å². The zero-order chi connectivity index (χ0) is 31.0. The number of hydrogen-bond donors (Lipinski definition) is 1. The van der Waals surface area contributed by atoms with Crippen molar-refractivity contribution in [3.05, 3.63) is 107 Å². The molecule has 44 heavy (non-hydrogen) atoms. The van der Waals surface area contributed by atoms with Crippen molar-refractivity contribution in [2.24, 2.45) is 0 Å². The largest absolute Gasteiger partial charge is 0.456 e.